The van der Waals surface area contributed by atoms with Gasteiger partial charge in [-0.15, -0.1) is 0 Å². The number of carbonyl (C=O) groups excluding carboxylic acids is 1. The SMILES string of the molecule is CCN1CCC(n2nccc2NC(=O)c2ccc(F)c(NS(C)(=O)=O)c2)CC1. The molecule has 2 N–H and O–H groups in total. The Balaban J connectivity index is 1.74. The molecule has 1 saturated heterocycles. The molecule has 0 bridgehead atoms. The van der Waals surface area contributed by atoms with Gasteiger partial charge in [0.2, 0.25) is 10.0 Å². The van der Waals surface area contributed by atoms with E-state index >= 15 is 0 Å². The van der Waals surface area contributed by atoms with Gasteiger partial charge in [0.15, 0.2) is 0 Å². The van der Waals surface area contributed by atoms with Crippen LogP contribution in [0, 0.1) is 5.82 Å². The van der Waals surface area contributed by atoms with Crippen LogP contribution in [0.25, 0.3) is 0 Å². The van der Waals surface area contributed by atoms with Gasteiger partial charge in [-0.25, -0.2) is 17.5 Å². The summed E-state index contributed by atoms with van der Waals surface area (Å²) in [6.45, 7) is 5.11. The number of aromatic nitrogens is 2. The number of nitrogens with zero attached hydrogens (tertiary/aromatic N) is 3. The third kappa shape index (κ3) is 4.87. The summed E-state index contributed by atoms with van der Waals surface area (Å²) in [6.07, 6.45) is 4.43. The number of piperidine rings is 1. The third-order valence-corrected chi connectivity index (χ3v) is 5.38. The van der Waals surface area contributed by atoms with Gasteiger partial charge < -0.3 is 10.2 Å². The predicted octanol–water partition coefficient (Wildman–Crippen LogP) is 2.30. The van der Waals surface area contributed by atoms with Crippen LogP contribution in [0.15, 0.2) is 30.5 Å². The predicted molar refractivity (Wildman–Crippen MR) is 105 cm³/mol. The van der Waals surface area contributed by atoms with E-state index in [0.29, 0.717) is 5.82 Å². The monoisotopic (exact) mass is 409 g/mol. The topological polar surface area (TPSA) is 96.3 Å². The first kappa shape index (κ1) is 20.3. The van der Waals surface area contributed by atoms with Crippen molar-refractivity contribution in [1.29, 1.82) is 0 Å². The summed E-state index contributed by atoms with van der Waals surface area (Å²) >= 11 is 0. The lowest BCUT2D eigenvalue weighted by Gasteiger charge is -2.31. The maximum atomic E-state index is 13.8. The quantitative estimate of drug-likeness (QED) is 0.763. The molecule has 1 aromatic heterocycles. The van der Waals surface area contributed by atoms with E-state index in [2.05, 4.69) is 27.0 Å². The van der Waals surface area contributed by atoms with Gasteiger partial charge >= 0.3 is 0 Å². The fourth-order valence-corrected chi connectivity index (χ4v) is 3.87. The Morgan fingerprint density at radius 1 is 1.29 bits per heavy atom. The summed E-state index contributed by atoms with van der Waals surface area (Å²) in [4.78, 5) is 15.0. The number of rotatable bonds is 6. The van der Waals surface area contributed by atoms with Crippen LogP contribution in [-0.2, 0) is 10.0 Å². The van der Waals surface area contributed by atoms with Crippen LogP contribution in [0.4, 0.5) is 15.9 Å². The summed E-state index contributed by atoms with van der Waals surface area (Å²) in [6, 6.07) is 5.44. The van der Waals surface area contributed by atoms with E-state index in [4.69, 9.17) is 0 Å². The van der Waals surface area contributed by atoms with Crippen molar-refractivity contribution in [2.45, 2.75) is 25.8 Å². The average molecular weight is 409 g/mol. The Bertz CT molecular complexity index is 952. The first-order valence-corrected chi connectivity index (χ1v) is 11.0. The number of amides is 1. The summed E-state index contributed by atoms with van der Waals surface area (Å²) in [5.41, 5.74) is -0.128. The van der Waals surface area contributed by atoms with Gasteiger partial charge in [0, 0.05) is 24.7 Å². The molecule has 2 heterocycles. The number of likely N-dealkylation sites (tertiary alicyclic amines) is 1. The van der Waals surface area contributed by atoms with E-state index < -0.39 is 21.7 Å². The Hall–Kier alpha value is -2.46. The molecule has 0 unspecified atom stereocenters. The molecule has 2 aromatic rings. The van der Waals surface area contributed by atoms with E-state index in [9.17, 15) is 17.6 Å². The van der Waals surface area contributed by atoms with Crippen molar-refractivity contribution in [2.75, 3.05) is 35.9 Å². The van der Waals surface area contributed by atoms with Crippen LogP contribution in [-0.4, -0.2) is 54.9 Å². The highest BCUT2D eigenvalue weighted by Crippen LogP contribution is 2.26. The first-order valence-electron chi connectivity index (χ1n) is 9.11. The molecule has 0 atom stereocenters. The van der Waals surface area contributed by atoms with Crippen LogP contribution in [0.2, 0.25) is 0 Å². The van der Waals surface area contributed by atoms with E-state index in [1.54, 1.807) is 12.3 Å². The van der Waals surface area contributed by atoms with Gasteiger partial charge in [0.25, 0.3) is 5.91 Å². The zero-order valence-electron chi connectivity index (χ0n) is 15.9. The van der Waals surface area contributed by atoms with Crippen LogP contribution >= 0.6 is 0 Å². The summed E-state index contributed by atoms with van der Waals surface area (Å²) < 4.78 is 40.4. The van der Waals surface area contributed by atoms with Gasteiger partial charge in [0.05, 0.1) is 24.2 Å². The molecule has 10 heteroatoms. The standard InChI is InChI=1S/C18H24FN5O3S/c1-3-23-10-7-14(8-11-23)24-17(6-9-20-24)21-18(25)13-4-5-15(19)16(12-13)22-28(2,26)27/h4-6,9,12,14,22H,3,7-8,10-11H2,1-2H3,(H,21,25). The number of hydrogen-bond acceptors (Lipinski definition) is 5. The fraction of sp³-hybridized carbons (Fsp3) is 0.444. The normalized spacial score (nSPS) is 16.1. The lowest BCUT2D eigenvalue weighted by Crippen LogP contribution is -2.35. The Kier molecular flexibility index (Phi) is 5.99. The number of carbonyl (C=O) groups is 1. The van der Waals surface area contributed by atoms with E-state index in [1.807, 2.05) is 4.68 Å². The molecule has 1 aliphatic heterocycles. The highest BCUT2D eigenvalue weighted by molar-refractivity contribution is 7.92. The Labute approximate surface area is 163 Å². The van der Waals surface area contributed by atoms with Crippen LogP contribution in [0.1, 0.15) is 36.2 Å². The third-order valence-electron chi connectivity index (χ3n) is 4.79. The van der Waals surface area contributed by atoms with Gasteiger partial charge in [-0.3, -0.25) is 9.52 Å². The molecule has 1 aromatic carbocycles. The first-order chi connectivity index (χ1) is 13.3. The minimum Gasteiger partial charge on any atom is -0.307 e. The van der Waals surface area contributed by atoms with Crippen molar-refractivity contribution in [3.05, 3.63) is 41.8 Å². The second kappa shape index (κ2) is 8.27. The zero-order valence-corrected chi connectivity index (χ0v) is 16.7. The van der Waals surface area contributed by atoms with Crippen molar-refractivity contribution >= 4 is 27.4 Å². The number of sulfonamides is 1. The molecule has 0 aliphatic carbocycles. The fourth-order valence-electron chi connectivity index (χ4n) is 3.32. The molecule has 0 radical (unpaired) electrons. The van der Waals surface area contributed by atoms with Crippen LogP contribution in [0.3, 0.4) is 0 Å². The number of anilines is 2. The molecular weight excluding hydrogens is 385 g/mol. The van der Waals surface area contributed by atoms with Gasteiger partial charge in [-0.2, -0.15) is 5.10 Å². The van der Waals surface area contributed by atoms with E-state index in [0.717, 1.165) is 44.8 Å². The Morgan fingerprint density at radius 3 is 2.64 bits per heavy atom. The van der Waals surface area contributed by atoms with Crippen molar-refractivity contribution in [3.63, 3.8) is 0 Å². The lowest BCUT2D eigenvalue weighted by molar-refractivity contribution is 0.102. The molecule has 0 spiro atoms. The molecule has 1 aliphatic rings. The molecule has 8 nitrogen and oxygen atoms in total. The van der Waals surface area contributed by atoms with E-state index in [-0.39, 0.29) is 17.3 Å². The molecular formula is C18H24FN5O3S. The van der Waals surface area contributed by atoms with Crippen molar-refractivity contribution in [3.8, 4) is 0 Å². The average Bonchev–Trinajstić information content (AvgIpc) is 3.10. The van der Waals surface area contributed by atoms with Gasteiger partial charge in [-0.05, 0) is 37.6 Å². The van der Waals surface area contributed by atoms with Crippen molar-refractivity contribution in [2.24, 2.45) is 0 Å². The zero-order chi connectivity index (χ0) is 20.3. The van der Waals surface area contributed by atoms with Crippen LogP contribution in [0.5, 0.6) is 0 Å². The second-order valence-corrected chi connectivity index (χ2v) is 8.60. The summed E-state index contributed by atoms with van der Waals surface area (Å²) in [5.74, 6) is -0.666. The summed E-state index contributed by atoms with van der Waals surface area (Å²) in [5, 5.41) is 7.14. The highest BCUT2D eigenvalue weighted by atomic mass is 32.2. The largest absolute Gasteiger partial charge is 0.307 e. The van der Waals surface area contributed by atoms with Crippen LogP contribution < -0.4 is 10.0 Å². The van der Waals surface area contributed by atoms with Gasteiger partial charge in [-0.1, -0.05) is 6.92 Å². The molecule has 28 heavy (non-hydrogen) atoms. The smallest absolute Gasteiger partial charge is 0.256 e. The van der Waals surface area contributed by atoms with Crippen molar-refractivity contribution < 1.29 is 17.6 Å². The van der Waals surface area contributed by atoms with Crippen molar-refractivity contribution in [1.82, 2.24) is 14.7 Å². The minimum atomic E-state index is -3.66. The minimum absolute atomic E-state index is 0.140. The number of hydrogen-bond donors (Lipinski definition) is 2. The maximum Gasteiger partial charge on any atom is 0.256 e. The Morgan fingerprint density at radius 2 is 2.00 bits per heavy atom. The number of halogens is 1. The molecule has 152 valence electrons. The molecule has 0 saturated carbocycles. The van der Waals surface area contributed by atoms with E-state index in [1.165, 1.54) is 12.1 Å². The molecule has 3 rings (SSSR count). The second-order valence-electron chi connectivity index (χ2n) is 6.85. The maximum absolute atomic E-state index is 13.8. The lowest BCUT2D eigenvalue weighted by atomic mass is 10.1. The number of nitrogens with one attached hydrogen (secondary N) is 2. The molecule has 1 amide bonds. The molecule has 1 fully saturated rings. The number of benzene rings is 1. The summed E-state index contributed by atoms with van der Waals surface area (Å²) in [7, 11) is -3.66. The highest BCUT2D eigenvalue weighted by Gasteiger charge is 2.23. The van der Waals surface area contributed by atoms with Gasteiger partial charge in [0.1, 0.15) is 11.6 Å².